The maximum atomic E-state index is 3.25. The van der Waals surface area contributed by atoms with Crippen LogP contribution in [0.25, 0.3) is 0 Å². The van der Waals surface area contributed by atoms with Crippen LogP contribution in [0.2, 0.25) is 0 Å². The Labute approximate surface area is 112 Å². The Kier molecular flexibility index (Phi) is 32.3. The molecule has 0 aromatic carbocycles. The van der Waals surface area contributed by atoms with E-state index in [-0.39, 0.29) is 7.43 Å². The third-order valence-corrected chi connectivity index (χ3v) is 1.17. The first kappa shape index (κ1) is 20.5. The van der Waals surface area contributed by atoms with E-state index in [4.69, 9.17) is 0 Å². The van der Waals surface area contributed by atoms with Gasteiger partial charge in [0.2, 0.25) is 0 Å². The molecule has 0 aliphatic heterocycles. The van der Waals surface area contributed by atoms with E-state index in [1.54, 1.807) is 6.92 Å². The molecule has 0 N–H and O–H groups in total. The van der Waals surface area contributed by atoms with Crippen LogP contribution >= 0.6 is 0 Å². The first-order chi connectivity index (χ1) is 7.00. The Hall–Kier alpha value is 0.0600. The summed E-state index contributed by atoms with van der Waals surface area (Å²) in [5.74, 6) is 0. The van der Waals surface area contributed by atoms with Crippen molar-refractivity contribution in [2.75, 3.05) is 0 Å². The van der Waals surface area contributed by atoms with Crippen molar-refractivity contribution in [3.63, 3.8) is 0 Å². The predicted molar refractivity (Wildman–Crippen MR) is 66.3 cm³/mol. The van der Waals surface area contributed by atoms with Gasteiger partial charge < -0.3 is 14.4 Å². The summed E-state index contributed by atoms with van der Waals surface area (Å²) >= 11 is 1.36. The fraction of sp³-hybridized carbons (Fsp3) is 0.231. The van der Waals surface area contributed by atoms with E-state index in [1.165, 1.54) is 23.3 Å². The van der Waals surface area contributed by atoms with Gasteiger partial charge in [-0.2, -0.15) is 19.1 Å². The van der Waals surface area contributed by atoms with Crippen LogP contribution in [0.1, 0.15) is 19.8 Å². The molecular weight excluding hydrogens is 275 g/mol. The van der Waals surface area contributed by atoms with E-state index >= 15 is 0 Å². The van der Waals surface area contributed by atoms with Crippen LogP contribution in [0.15, 0.2) is 36.5 Å². The molecule has 0 aromatic heterocycles. The zero-order valence-corrected chi connectivity index (χ0v) is 13.0. The summed E-state index contributed by atoms with van der Waals surface area (Å²) in [5.41, 5.74) is 0. The maximum absolute atomic E-state index is 3.25. The topological polar surface area (TPSA) is 0 Å². The van der Waals surface area contributed by atoms with Crippen LogP contribution in [0.3, 0.4) is 0 Å². The molecule has 0 unspecified atom stereocenters. The van der Waals surface area contributed by atoms with Gasteiger partial charge in [-0.15, -0.1) is 12.8 Å². The average Bonchev–Trinajstić information content (AvgIpc) is 3.01. The minimum absolute atomic E-state index is 0. The van der Waals surface area contributed by atoms with Crippen molar-refractivity contribution in [3.8, 4) is 0 Å². The number of allylic oxidation sites excluding steroid dienone is 8. The second-order valence-electron chi connectivity index (χ2n) is 2.01. The predicted octanol–water partition coefficient (Wildman–Crippen LogP) is 3.52. The Morgan fingerprint density at radius 3 is 1.40 bits per heavy atom. The fourth-order valence-corrected chi connectivity index (χ4v) is 0.680. The quantitative estimate of drug-likeness (QED) is 0.473. The summed E-state index contributed by atoms with van der Waals surface area (Å²) < 4.78 is 0. The summed E-state index contributed by atoms with van der Waals surface area (Å²) in [5, 5.41) is 0. The molecule has 2 aliphatic rings. The van der Waals surface area contributed by atoms with E-state index in [0.29, 0.717) is 0 Å². The SMILES string of the molecule is [C-]1=CC=CC1.[C-]1=CC=CC1.[CH2-]C.[CH3-].[Si]=[Zr]. The normalized spacial score (nSPS) is 12.3. The van der Waals surface area contributed by atoms with Crippen LogP contribution < -0.4 is 0 Å². The number of hydrogen-bond donors (Lipinski definition) is 0. The van der Waals surface area contributed by atoms with Crippen molar-refractivity contribution in [1.82, 2.24) is 0 Å². The first-order valence-corrected chi connectivity index (χ1v) is 8.58. The monoisotopic (exact) mass is 292 g/mol. The van der Waals surface area contributed by atoms with Gasteiger partial charge in [0, 0.05) is 0 Å². The van der Waals surface area contributed by atoms with Gasteiger partial charge in [0.15, 0.2) is 0 Å². The first-order valence-electron chi connectivity index (χ1n) is 4.39. The van der Waals surface area contributed by atoms with Crippen molar-refractivity contribution < 1.29 is 23.3 Å². The summed E-state index contributed by atoms with van der Waals surface area (Å²) in [6, 6.07) is 0. The molecule has 0 nitrogen and oxygen atoms in total. The molecule has 2 heteroatoms. The van der Waals surface area contributed by atoms with Crippen molar-refractivity contribution in [3.05, 3.63) is 63.0 Å². The molecule has 0 saturated heterocycles. The van der Waals surface area contributed by atoms with Gasteiger partial charge in [0.1, 0.15) is 0 Å². The van der Waals surface area contributed by atoms with Crippen LogP contribution in [0.4, 0.5) is 0 Å². The third-order valence-electron chi connectivity index (χ3n) is 1.17. The van der Waals surface area contributed by atoms with E-state index in [9.17, 15) is 0 Å². The molecule has 2 radical (unpaired) electrons. The van der Waals surface area contributed by atoms with Crippen molar-refractivity contribution >= 4 is 6.88 Å². The van der Waals surface area contributed by atoms with Crippen LogP contribution in [-0.4, -0.2) is 6.88 Å². The van der Waals surface area contributed by atoms with Gasteiger partial charge in [0.05, 0.1) is 0 Å². The van der Waals surface area contributed by atoms with Crippen LogP contribution in [0, 0.1) is 26.5 Å². The molecule has 0 bridgehead atoms. The standard InChI is InChI=1S/2C5H5.C2H5.CH3.Si.Zr/c2*1-2-4-5-3-1;1-2;;;/h2*1-3H,4H2;1H2,2H3;1H3;;/q4*-1;;. The third kappa shape index (κ3) is 20.2. The van der Waals surface area contributed by atoms with Gasteiger partial charge in [0.25, 0.3) is 0 Å². The summed E-state index contributed by atoms with van der Waals surface area (Å²) in [7, 11) is 0. The molecule has 2 rings (SSSR count). The fourth-order valence-electron chi connectivity index (χ4n) is 0.680. The number of hydrogen-bond acceptors (Lipinski definition) is 0. The molecule has 0 saturated carbocycles. The summed E-state index contributed by atoms with van der Waals surface area (Å²) in [4.78, 5) is 0. The van der Waals surface area contributed by atoms with E-state index in [2.05, 4.69) is 38.1 Å². The van der Waals surface area contributed by atoms with Crippen molar-refractivity contribution in [1.29, 1.82) is 0 Å². The molecule has 0 amide bonds. The Balaban J connectivity index is -0.000000138. The molecule has 0 spiro atoms. The zero-order chi connectivity index (χ0) is 11.1. The van der Waals surface area contributed by atoms with Crippen LogP contribution in [-0.2, 0) is 23.3 Å². The van der Waals surface area contributed by atoms with Gasteiger partial charge >= 0.3 is 30.2 Å². The molecule has 2 aliphatic carbocycles. The molecular formula is C13H18SiZr-4. The molecule has 0 aromatic rings. The summed E-state index contributed by atoms with van der Waals surface area (Å²) in [6.45, 7) is 8.06. The molecule has 0 fully saturated rings. The second kappa shape index (κ2) is 23.7. The Morgan fingerprint density at radius 1 is 1.00 bits per heavy atom. The van der Waals surface area contributed by atoms with E-state index < -0.39 is 0 Å². The summed E-state index contributed by atoms with van der Waals surface area (Å²) in [6.07, 6.45) is 20.0. The Morgan fingerprint density at radius 2 is 1.33 bits per heavy atom. The van der Waals surface area contributed by atoms with Crippen LogP contribution in [0.5, 0.6) is 0 Å². The van der Waals surface area contributed by atoms with Gasteiger partial charge in [-0.1, -0.05) is 0 Å². The molecule has 0 atom stereocenters. The second-order valence-corrected chi connectivity index (χ2v) is 2.01. The van der Waals surface area contributed by atoms with Gasteiger partial charge in [-0.05, 0) is 0 Å². The van der Waals surface area contributed by atoms with Crippen molar-refractivity contribution in [2.45, 2.75) is 19.8 Å². The molecule has 82 valence electrons. The molecule has 0 heterocycles. The van der Waals surface area contributed by atoms with Gasteiger partial charge in [-0.3, -0.25) is 12.2 Å². The van der Waals surface area contributed by atoms with E-state index in [1.807, 2.05) is 24.3 Å². The van der Waals surface area contributed by atoms with Gasteiger partial charge in [-0.25, -0.2) is 24.3 Å². The van der Waals surface area contributed by atoms with E-state index in [0.717, 1.165) is 12.8 Å². The zero-order valence-electron chi connectivity index (χ0n) is 9.59. The van der Waals surface area contributed by atoms with Crippen molar-refractivity contribution in [2.24, 2.45) is 0 Å². The Bertz CT molecular complexity index is 161. The number of rotatable bonds is 0. The molecule has 15 heavy (non-hydrogen) atoms. The average molecular weight is 294 g/mol. The minimum atomic E-state index is 0.